The van der Waals surface area contributed by atoms with Gasteiger partial charge in [-0.3, -0.25) is 10.1 Å². The molecule has 1 aromatic heterocycles. The first kappa shape index (κ1) is 19.1. The molecule has 1 heterocycles. The van der Waals surface area contributed by atoms with E-state index in [1.54, 1.807) is 36.1 Å². The molecule has 0 spiro atoms. The number of aromatic nitrogens is 2. The van der Waals surface area contributed by atoms with E-state index in [0.717, 1.165) is 0 Å². The zero-order valence-corrected chi connectivity index (χ0v) is 14.9. The second-order valence-electron chi connectivity index (χ2n) is 5.21. The number of rotatable bonds is 8. The van der Waals surface area contributed by atoms with Crippen LogP contribution in [0.25, 0.3) is 0 Å². The van der Waals surface area contributed by atoms with Gasteiger partial charge < -0.3 is 15.0 Å². The summed E-state index contributed by atoms with van der Waals surface area (Å²) in [6, 6.07) is 6.62. The molecule has 9 nitrogen and oxygen atoms in total. The maximum atomic E-state index is 12.1. The van der Waals surface area contributed by atoms with Gasteiger partial charge in [-0.1, -0.05) is 12.1 Å². The molecule has 0 radical (unpaired) electrons. The summed E-state index contributed by atoms with van der Waals surface area (Å²) in [7, 11) is 0. The highest BCUT2D eigenvalue weighted by Crippen LogP contribution is 2.34. The molecule has 0 saturated heterocycles. The highest BCUT2D eigenvalue weighted by atomic mass is 16.6. The van der Waals surface area contributed by atoms with Crippen molar-refractivity contribution in [3.05, 3.63) is 46.3 Å². The molecule has 26 heavy (non-hydrogen) atoms. The lowest BCUT2D eigenvalue weighted by Gasteiger charge is -2.20. The average molecular weight is 359 g/mol. The van der Waals surface area contributed by atoms with Crippen molar-refractivity contribution in [1.29, 1.82) is 0 Å². The summed E-state index contributed by atoms with van der Waals surface area (Å²) in [4.78, 5) is 33.1. The second-order valence-corrected chi connectivity index (χ2v) is 5.21. The first-order valence-corrected chi connectivity index (χ1v) is 8.30. The zero-order chi connectivity index (χ0) is 19.1. The van der Waals surface area contributed by atoms with E-state index in [1.165, 1.54) is 6.33 Å². The number of ether oxygens (including phenoxy) is 1. The quantitative estimate of drug-likeness (QED) is 0.435. The molecule has 138 valence electrons. The van der Waals surface area contributed by atoms with E-state index in [4.69, 9.17) is 4.74 Å². The fourth-order valence-electron chi connectivity index (χ4n) is 2.49. The van der Waals surface area contributed by atoms with Crippen molar-refractivity contribution in [2.24, 2.45) is 0 Å². The molecular weight excluding hydrogens is 338 g/mol. The van der Waals surface area contributed by atoms with Crippen LogP contribution in [-0.2, 0) is 4.74 Å². The van der Waals surface area contributed by atoms with E-state index < -0.39 is 10.9 Å². The predicted octanol–water partition coefficient (Wildman–Crippen LogP) is 3.15. The molecule has 9 heteroatoms. The molecule has 0 fully saturated rings. The van der Waals surface area contributed by atoms with E-state index in [2.05, 4.69) is 15.3 Å². The molecule has 0 saturated carbocycles. The summed E-state index contributed by atoms with van der Waals surface area (Å²) in [5, 5.41) is 14.5. The number of nitro groups is 1. The van der Waals surface area contributed by atoms with Crippen molar-refractivity contribution in [1.82, 2.24) is 9.97 Å². The van der Waals surface area contributed by atoms with Gasteiger partial charge in [0.1, 0.15) is 6.33 Å². The molecule has 0 atom stereocenters. The first-order chi connectivity index (χ1) is 12.5. The molecule has 2 rings (SSSR count). The fourth-order valence-corrected chi connectivity index (χ4v) is 2.49. The van der Waals surface area contributed by atoms with Gasteiger partial charge in [-0.15, -0.1) is 0 Å². The Morgan fingerprint density at radius 3 is 2.54 bits per heavy atom. The number of nitrogens with zero attached hydrogens (tertiary/aromatic N) is 4. The number of esters is 1. The summed E-state index contributed by atoms with van der Waals surface area (Å²) in [5.41, 5.74) is 0.403. The van der Waals surface area contributed by atoms with Crippen molar-refractivity contribution in [2.45, 2.75) is 20.8 Å². The van der Waals surface area contributed by atoms with Crippen LogP contribution in [0, 0.1) is 10.1 Å². The van der Waals surface area contributed by atoms with Crippen LogP contribution >= 0.6 is 0 Å². The third-order valence-electron chi connectivity index (χ3n) is 3.72. The fraction of sp³-hybridized carbons (Fsp3) is 0.353. The standard InChI is InChI=1S/C17H21N5O4/c1-4-21(5-2)16-14(22(24)25)15(18-11-19-16)20-13-10-8-7-9-12(13)17(23)26-6-3/h7-11H,4-6H2,1-3H3,(H,18,19,20). The summed E-state index contributed by atoms with van der Waals surface area (Å²) in [6.07, 6.45) is 1.26. The molecule has 0 bridgehead atoms. The molecule has 0 aliphatic heterocycles. The molecule has 0 aliphatic rings. The lowest BCUT2D eigenvalue weighted by atomic mass is 10.1. The van der Waals surface area contributed by atoms with Crippen LogP contribution in [0.4, 0.5) is 23.0 Å². The number of para-hydroxylation sites is 1. The van der Waals surface area contributed by atoms with Gasteiger partial charge in [0.25, 0.3) is 0 Å². The van der Waals surface area contributed by atoms with Crippen LogP contribution in [0.1, 0.15) is 31.1 Å². The number of benzene rings is 1. The minimum atomic E-state index is -0.525. The van der Waals surface area contributed by atoms with Crippen molar-refractivity contribution >= 4 is 29.0 Å². The van der Waals surface area contributed by atoms with Crippen LogP contribution in [0.5, 0.6) is 0 Å². The SMILES string of the molecule is CCOC(=O)c1ccccc1Nc1ncnc(N(CC)CC)c1[N+](=O)[O-]. The highest BCUT2D eigenvalue weighted by Gasteiger charge is 2.27. The lowest BCUT2D eigenvalue weighted by Crippen LogP contribution is -2.24. The molecule has 0 amide bonds. The third-order valence-corrected chi connectivity index (χ3v) is 3.72. The smallest absolute Gasteiger partial charge is 0.353 e. The van der Waals surface area contributed by atoms with Gasteiger partial charge in [0.05, 0.1) is 22.8 Å². The molecule has 1 N–H and O–H groups in total. The minimum Gasteiger partial charge on any atom is -0.462 e. The van der Waals surface area contributed by atoms with E-state index in [0.29, 0.717) is 18.8 Å². The Labute approximate surface area is 151 Å². The number of nitrogens with one attached hydrogen (secondary N) is 1. The predicted molar refractivity (Wildman–Crippen MR) is 97.9 cm³/mol. The monoisotopic (exact) mass is 359 g/mol. The Morgan fingerprint density at radius 1 is 1.23 bits per heavy atom. The van der Waals surface area contributed by atoms with E-state index >= 15 is 0 Å². The van der Waals surface area contributed by atoms with Gasteiger partial charge >= 0.3 is 11.7 Å². The van der Waals surface area contributed by atoms with E-state index in [9.17, 15) is 14.9 Å². The van der Waals surface area contributed by atoms with Crippen LogP contribution in [0.3, 0.4) is 0 Å². The maximum Gasteiger partial charge on any atom is 0.353 e. The number of carbonyl (C=O) groups is 1. The van der Waals surface area contributed by atoms with Gasteiger partial charge in [-0.2, -0.15) is 0 Å². The summed E-state index contributed by atoms with van der Waals surface area (Å²) < 4.78 is 5.03. The van der Waals surface area contributed by atoms with Crippen LogP contribution in [0.15, 0.2) is 30.6 Å². The topological polar surface area (TPSA) is 110 Å². The second kappa shape index (κ2) is 8.75. The largest absolute Gasteiger partial charge is 0.462 e. The Morgan fingerprint density at radius 2 is 1.92 bits per heavy atom. The Bertz CT molecular complexity index is 792. The van der Waals surface area contributed by atoms with Crippen molar-refractivity contribution in [3.63, 3.8) is 0 Å². The normalized spacial score (nSPS) is 10.3. The van der Waals surface area contributed by atoms with Crippen LogP contribution < -0.4 is 10.2 Å². The average Bonchev–Trinajstić information content (AvgIpc) is 2.63. The van der Waals surface area contributed by atoms with Gasteiger partial charge in [0.2, 0.25) is 11.6 Å². The maximum absolute atomic E-state index is 12.1. The molecule has 1 aromatic carbocycles. The van der Waals surface area contributed by atoms with Crippen LogP contribution in [-0.4, -0.2) is 40.6 Å². The van der Waals surface area contributed by atoms with Gasteiger partial charge in [0.15, 0.2) is 0 Å². The van der Waals surface area contributed by atoms with Gasteiger partial charge in [0, 0.05) is 13.1 Å². The molecule has 0 unspecified atom stereocenters. The van der Waals surface area contributed by atoms with Crippen LogP contribution in [0.2, 0.25) is 0 Å². The van der Waals surface area contributed by atoms with E-state index in [1.807, 2.05) is 13.8 Å². The Kier molecular flexibility index (Phi) is 6.42. The molecule has 0 aliphatic carbocycles. The molecule has 2 aromatic rings. The highest BCUT2D eigenvalue weighted by molar-refractivity contribution is 5.96. The number of hydrogen-bond acceptors (Lipinski definition) is 8. The summed E-state index contributed by atoms with van der Waals surface area (Å²) in [5.74, 6) is -0.272. The first-order valence-electron chi connectivity index (χ1n) is 8.30. The third kappa shape index (κ3) is 4.05. The summed E-state index contributed by atoms with van der Waals surface area (Å²) >= 11 is 0. The van der Waals surface area contributed by atoms with Crippen molar-refractivity contribution < 1.29 is 14.5 Å². The van der Waals surface area contributed by atoms with Crippen molar-refractivity contribution in [3.8, 4) is 0 Å². The zero-order valence-electron chi connectivity index (χ0n) is 14.9. The Balaban J connectivity index is 2.50. The van der Waals surface area contributed by atoms with Gasteiger partial charge in [-0.05, 0) is 32.9 Å². The number of hydrogen-bond donors (Lipinski definition) is 1. The summed E-state index contributed by atoms with van der Waals surface area (Å²) in [6.45, 7) is 6.84. The Hall–Kier alpha value is -3.23. The lowest BCUT2D eigenvalue weighted by molar-refractivity contribution is -0.383. The van der Waals surface area contributed by atoms with Gasteiger partial charge in [-0.25, -0.2) is 14.8 Å². The minimum absolute atomic E-state index is 0.0173. The number of anilines is 3. The molecular formula is C17H21N5O4. The van der Waals surface area contributed by atoms with E-state index in [-0.39, 0.29) is 29.5 Å². The number of carbonyl (C=O) groups excluding carboxylic acids is 1. The van der Waals surface area contributed by atoms with Crippen molar-refractivity contribution in [2.75, 3.05) is 29.9 Å².